The summed E-state index contributed by atoms with van der Waals surface area (Å²) in [5.41, 5.74) is 0. The summed E-state index contributed by atoms with van der Waals surface area (Å²) in [4.78, 5) is 3.90. The summed E-state index contributed by atoms with van der Waals surface area (Å²) in [7, 11) is 0.521. The fourth-order valence-corrected chi connectivity index (χ4v) is 0.459. The molecule has 0 radical (unpaired) electrons. The van der Waals surface area contributed by atoms with Gasteiger partial charge in [-0.1, -0.05) is 0 Å². The minimum atomic E-state index is -4.41. The van der Waals surface area contributed by atoms with Gasteiger partial charge in [-0.25, -0.2) is 13.4 Å². The molecule has 0 N–H and O–H groups in total. The molecule has 1 rings (SSSR count). The molecule has 0 aromatic carbocycles. The van der Waals surface area contributed by atoms with Gasteiger partial charge in [-0.3, -0.25) is 8.67 Å². The normalized spacial score (nSPS) is 18.2. The van der Waals surface area contributed by atoms with E-state index in [-0.39, 0.29) is 0 Å². The first kappa shape index (κ1) is 12.2. The van der Waals surface area contributed by atoms with Crippen LogP contribution in [0.4, 0.5) is 0 Å². The lowest BCUT2D eigenvalue weighted by molar-refractivity contribution is -0.732. The van der Waals surface area contributed by atoms with Crippen molar-refractivity contribution >= 4 is 16.7 Å². The number of aliphatic imine (C=N–C) groups is 1. The van der Waals surface area contributed by atoms with E-state index < -0.39 is 10.4 Å². The molecule has 0 fully saturated rings. The van der Waals surface area contributed by atoms with Gasteiger partial charge in [0.25, 0.3) is 0 Å². The Morgan fingerprint density at radius 2 is 1.92 bits per heavy atom. The van der Waals surface area contributed by atoms with Crippen molar-refractivity contribution in [2.45, 2.75) is 0 Å². The molecule has 0 atom stereocenters. The summed E-state index contributed by atoms with van der Waals surface area (Å²) in [5, 5.41) is 0. The molecule has 0 saturated carbocycles. The average Bonchev–Trinajstić information content (AvgIpc) is 2.34. The van der Waals surface area contributed by atoms with Crippen molar-refractivity contribution in [3.05, 3.63) is 12.4 Å². The van der Waals surface area contributed by atoms with E-state index in [1.807, 2.05) is 12.5 Å². The van der Waals surface area contributed by atoms with Crippen LogP contribution in [-0.2, 0) is 14.6 Å². The maximum atomic E-state index is 9.22. The minimum Gasteiger partial charge on any atom is -0.726 e. The third kappa shape index (κ3) is 7.60. The maximum Gasteiger partial charge on any atom is 0.217 e. The van der Waals surface area contributed by atoms with Crippen molar-refractivity contribution in [1.82, 2.24) is 0 Å². The molecule has 0 aromatic heterocycles. The summed E-state index contributed by atoms with van der Waals surface area (Å²) >= 11 is 0. The van der Waals surface area contributed by atoms with Crippen LogP contribution in [0.1, 0.15) is 0 Å². The fourth-order valence-electron chi connectivity index (χ4n) is 0.459. The Labute approximate surface area is 77.7 Å². The van der Waals surface area contributed by atoms with Gasteiger partial charge in [-0.2, -0.15) is 0 Å². The van der Waals surface area contributed by atoms with Crippen LogP contribution in [0.15, 0.2) is 17.4 Å². The molecule has 0 aliphatic carbocycles. The van der Waals surface area contributed by atoms with E-state index in [1.54, 1.807) is 6.20 Å². The van der Waals surface area contributed by atoms with Gasteiger partial charge in [0.2, 0.25) is 10.4 Å². The van der Waals surface area contributed by atoms with E-state index in [0.29, 0.717) is 0 Å². The zero-order chi connectivity index (χ0) is 10.5. The SMILES string of the molecule is COS(=O)(=O)[O-].C[N+]1(C)C=CN=C1. The highest BCUT2D eigenvalue weighted by Crippen LogP contribution is 1.99. The molecule has 1 aliphatic heterocycles. The van der Waals surface area contributed by atoms with Crippen LogP contribution >= 0.6 is 0 Å². The topological polar surface area (TPSA) is 78.8 Å². The predicted octanol–water partition coefficient (Wildman–Crippen LogP) is -0.331. The lowest BCUT2D eigenvalue weighted by atomic mass is 10.7. The average molecular weight is 208 g/mol. The number of rotatable bonds is 1. The monoisotopic (exact) mass is 208 g/mol. The van der Waals surface area contributed by atoms with Gasteiger partial charge in [0.05, 0.1) is 27.4 Å². The maximum absolute atomic E-state index is 9.22. The summed E-state index contributed by atoms with van der Waals surface area (Å²) < 4.78 is 31.8. The Bertz CT molecular complexity index is 291. The van der Waals surface area contributed by atoms with Gasteiger partial charge in [-0.15, -0.1) is 0 Å². The Morgan fingerprint density at radius 3 is 2.00 bits per heavy atom. The van der Waals surface area contributed by atoms with E-state index in [2.05, 4.69) is 23.3 Å². The first-order valence-corrected chi connectivity index (χ1v) is 4.67. The molecule has 76 valence electrons. The van der Waals surface area contributed by atoms with E-state index in [9.17, 15) is 13.0 Å². The van der Waals surface area contributed by atoms with Crippen molar-refractivity contribution in [3.8, 4) is 0 Å². The van der Waals surface area contributed by atoms with Gasteiger partial charge in [0.1, 0.15) is 6.20 Å². The summed E-state index contributed by atoms with van der Waals surface area (Å²) in [6, 6.07) is 0. The first-order chi connectivity index (χ1) is 5.77. The lowest BCUT2D eigenvalue weighted by Gasteiger charge is -2.12. The Hall–Kier alpha value is -0.760. The lowest BCUT2D eigenvalue weighted by Crippen LogP contribution is -2.28. The third-order valence-corrected chi connectivity index (χ3v) is 1.51. The van der Waals surface area contributed by atoms with Crippen molar-refractivity contribution in [3.63, 3.8) is 0 Å². The molecule has 0 saturated heterocycles. The van der Waals surface area contributed by atoms with Crippen molar-refractivity contribution in [2.75, 3.05) is 21.2 Å². The number of hydrogen-bond acceptors (Lipinski definition) is 5. The van der Waals surface area contributed by atoms with Crippen molar-refractivity contribution in [1.29, 1.82) is 0 Å². The third-order valence-electron chi connectivity index (χ3n) is 1.11. The number of hydrogen-bond donors (Lipinski definition) is 0. The summed E-state index contributed by atoms with van der Waals surface area (Å²) in [6.45, 7) is 0. The molecule has 0 spiro atoms. The molecule has 13 heavy (non-hydrogen) atoms. The van der Waals surface area contributed by atoms with Crippen LogP contribution in [0.3, 0.4) is 0 Å². The molecular formula is C6H12N2O4S. The van der Waals surface area contributed by atoms with Crippen LogP contribution in [0.2, 0.25) is 0 Å². The Kier molecular flexibility index (Phi) is 4.21. The molecule has 6 nitrogen and oxygen atoms in total. The van der Waals surface area contributed by atoms with Gasteiger partial charge in [0.15, 0.2) is 6.34 Å². The van der Waals surface area contributed by atoms with Crippen LogP contribution in [0, 0.1) is 0 Å². The Balaban J connectivity index is 0.000000226. The van der Waals surface area contributed by atoms with Crippen molar-refractivity contribution in [2.24, 2.45) is 4.99 Å². The first-order valence-electron chi connectivity index (χ1n) is 3.34. The Morgan fingerprint density at radius 1 is 1.46 bits per heavy atom. The largest absolute Gasteiger partial charge is 0.726 e. The van der Waals surface area contributed by atoms with Gasteiger partial charge in [0, 0.05) is 0 Å². The van der Waals surface area contributed by atoms with Gasteiger partial charge < -0.3 is 4.55 Å². The van der Waals surface area contributed by atoms with E-state index in [0.717, 1.165) is 11.6 Å². The quantitative estimate of drug-likeness (QED) is 0.336. The fraction of sp³-hybridized carbons (Fsp3) is 0.500. The molecular weight excluding hydrogens is 196 g/mol. The molecule has 1 aliphatic rings. The second kappa shape index (κ2) is 4.47. The second-order valence-corrected chi connectivity index (χ2v) is 3.92. The molecule has 0 bridgehead atoms. The van der Waals surface area contributed by atoms with E-state index >= 15 is 0 Å². The zero-order valence-corrected chi connectivity index (χ0v) is 8.48. The van der Waals surface area contributed by atoms with Gasteiger partial charge >= 0.3 is 0 Å². The zero-order valence-electron chi connectivity index (χ0n) is 7.67. The predicted molar refractivity (Wildman–Crippen MR) is 46.4 cm³/mol. The minimum absolute atomic E-state index is 0.778. The highest BCUT2D eigenvalue weighted by molar-refractivity contribution is 7.80. The van der Waals surface area contributed by atoms with Gasteiger partial charge in [-0.05, 0) is 0 Å². The number of nitrogens with zero attached hydrogens (tertiary/aromatic N) is 2. The highest BCUT2D eigenvalue weighted by Gasteiger charge is 2.09. The molecule has 0 amide bonds. The van der Waals surface area contributed by atoms with Crippen molar-refractivity contribution < 1.29 is 21.6 Å². The van der Waals surface area contributed by atoms with Crippen LogP contribution < -0.4 is 0 Å². The molecule has 1 heterocycles. The molecule has 0 aromatic rings. The highest BCUT2D eigenvalue weighted by atomic mass is 32.3. The van der Waals surface area contributed by atoms with E-state index in [4.69, 9.17) is 0 Å². The van der Waals surface area contributed by atoms with Crippen LogP contribution in [0.25, 0.3) is 0 Å². The smallest absolute Gasteiger partial charge is 0.217 e. The number of quaternary nitrogens is 1. The molecule has 7 heteroatoms. The van der Waals surface area contributed by atoms with Crippen LogP contribution in [-0.4, -0.2) is 45.0 Å². The van der Waals surface area contributed by atoms with E-state index in [1.165, 1.54) is 0 Å². The summed E-state index contributed by atoms with van der Waals surface area (Å²) in [6.07, 6.45) is 5.69. The standard InChI is InChI=1S/C5H9N2.CH4O4S/c1-7(2)4-3-6-5-7;1-5-6(2,3)4/h3-5H,1-2H3;1H3,(H,2,3,4)/q+1;/p-1. The summed E-state index contributed by atoms with van der Waals surface area (Å²) in [5.74, 6) is 0. The van der Waals surface area contributed by atoms with Crippen LogP contribution in [0.5, 0.6) is 0 Å². The second-order valence-electron chi connectivity index (χ2n) is 2.77. The molecule has 0 unspecified atom stereocenters.